The van der Waals surface area contributed by atoms with E-state index in [1.165, 1.54) is 5.56 Å². The smallest absolute Gasteiger partial charge is 0.0419 e. The van der Waals surface area contributed by atoms with E-state index in [4.69, 9.17) is 17.3 Å². The Morgan fingerprint density at radius 2 is 2.15 bits per heavy atom. The molecule has 0 saturated carbocycles. The summed E-state index contributed by atoms with van der Waals surface area (Å²) in [7, 11) is 0. The van der Waals surface area contributed by atoms with Crippen molar-refractivity contribution >= 4 is 27.5 Å². The molecule has 0 bridgehead atoms. The van der Waals surface area contributed by atoms with E-state index >= 15 is 0 Å². The Kier molecular flexibility index (Phi) is 4.23. The second-order valence-electron chi connectivity index (χ2n) is 3.29. The van der Waals surface area contributed by atoms with E-state index in [0.717, 1.165) is 22.3 Å². The first-order valence-corrected chi connectivity index (χ1v) is 5.45. The van der Waals surface area contributed by atoms with Crippen LogP contribution < -0.4 is 5.73 Å². The first-order chi connectivity index (χ1) is 6.08. The maximum atomic E-state index is 5.90. The Labute approximate surface area is 92.4 Å². The monoisotopic (exact) mass is 261 g/mol. The number of hydrogen-bond donors (Lipinski definition) is 1. The van der Waals surface area contributed by atoms with Gasteiger partial charge in [0.25, 0.3) is 0 Å². The highest BCUT2D eigenvalue weighted by molar-refractivity contribution is 9.10. The van der Waals surface area contributed by atoms with Crippen LogP contribution in [0.5, 0.6) is 0 Å². The molecule has 1 nitrogen and oxygen atoms in total. The van der Waals surface area contributed by atoms with Crippen molar-refractivity contribution in [2.45, 2.75) is 25.8 Å². The van der Waals surface area contributed by atoms with Crippen LogP contribution in [-0.2, 0) is 6.42 Å². The molecule has 1 rings (SSSR count). The molecular weight excluding hydrogens is 249 g/mol. The molecule has 3 heteroatoms. The van der Waals surface area contributed by atoms with Gasteiger partial charge in [0.15, 0.2) is 0 Å². The molecule has 1 unspecified atom stereocenters. The molecule has 0 aliphatic carbocycles. The van der Waals surface area contributed by atoms with Gasteiger partial charge in [-0.3, -0.25) is 0 Å². The van der Waals surface area contributed by atoms with Crippen molar-refractivity contribution < 1.29 is 0 Å². The van der Waals surface area contributed by atoms with Gasteiger partial charge in [-0.05, 0) is 43.5 Å². The number of hydrogen-bond acceptors (Lipinski definition) is 1. The van der Waals surface area contributed by atoms with Gasteiger partial charge in [0, 0.05) is 15.5 Å². The molecule has 0 aromatic heterocycles. The van der Waals surface area contributed by atoms with Crippen molar-refractivity contribution in [3.63, 3.8) is 0 Å². The summed E-state index contributed by atoms with van der Waals surface area (Å²) < 4.78 is 1.03. The van der Waals surface area contributed by atoms with Crippen molar-refractivity contribution in [3.05, 3.63) is 33.3 Å². The van der Waals surface area contributed by atoms with Crippen LogP contribution in [0.1, 0.15) is 18.9 Å². The molecule has 0 fully saturated rings. The summed E-state index contributed by atoms with van der Waals surface area (Å²) in [6.07, 6.45) is 1.98. The van der Waals surface area contributed by atoms with E-state index in [1.54, 1.807) is 0 Å². The van der Waals surface area contributed by atoms with Crippen LogP contribution in [0.3, 0.4) is 0 Å². The second kappa shape index (κ2) is 4.99. The summed E-state index contributed by atoms with van der Waals surface area (Å²) in [5.74, 6) is 0. The fourth-order valence-electron chi connectivity index (χ4n) is 1.15. The van der Waals surface area contributed by atoms with E-state index in [9.17, 15) is 0 Å². The van der Waals surface area contributed by atoms with E-state index in [-0.39, 0.29) is 6.04 Å². The van der Waals surface area contributed by atoms with Gasteiger partial charge in [0.05, 0.1) is 0 Å². The van der Waals surface area contributed by atoms with Crippen molar-refractivity contribution in [1.29, 1.82) is 0 Å². The molecule has 72 valence electrons. The van der Waals surface area contributed by atoms with Gasteiger partial charge in [0.2, 0.25) is 0 Å². The number of rotatable bonds is 3. The SMILES string of the molecule is CC(N)CCc1cc(Cl)cc(Br)c1. The Morgan fingerprint density at radius 1 is 1.46 bits per heavy atom. The van der Waals surface area contributed by atoms with Crippen molar-refractivity contribution in [2.75, 3.05) is 0 Å². The molecule has 0 heterocycles. The summed E-state index contributed by atoms with van der Waals surface area (Å²) in [5.41, 5.74) is 6.90. The largest absolute Gasteiger partial charge is 0.328 e. The summed E-state index contributed by atoms with van der Waals surface area (Å²) >= 11 is 9.31. The fourth-order valence-corrected chi connectivity index (χ4v) is 2.08. The van der Waals surface area contributed by atoms with Gasteiger partial charge >= 0.3 is 0 Å². The fraction of sp³-hybridized carbons (Fsp3) is 0.400. The lowest BCUT2D eigenvalue weighted by molar-refractivity contribution is 0.666. The third kappa shape index (κ3) is 4.12. The molecular formula is C10H13BrClN. The quantitative estimate of drug-likeness (QED) is 0.888. The molecule has 0 radical (unpaired) electrons. The lowest BCUT2D eigenvalue weighted by atomic mass is 10.1. The van der Waals surface area contributed by atoms with Gasteiger partial charge in [-0.1, -0.05) is 27.5 Å². The molecule has 1 aromatic carbocycles. The van der Waals surface area contributed by atoms with Crippen LogP contribution in [0.2, 0.25) is 5.02 Å². The molecule has 0 aliphatic rings. The Bertz CT molecular complexity index is 266. The number of halogens is 2. The van der Waals surface area contributed by atoms with Crippen LogP contribution >= 0.6 is 27.5 Å². The van der Waals surface area contributed by atoms with Crippen LogP contribution in [0.4, 0.5) is 0 Å². The average molecular weight is 263 g/mol. The van der Waals surface area contributed by atoms with E-state index in [2.05, 4.69) is 22.0 Å². The highest BCUT2D eigenvalue weighted by Gasteiger charge is 1.99. The van der Waals surface area contributed by atoms with Crippen molar-refractivity contribution in [3.8, 4) is 0 Å². The number of nitrogens with two attached hydrogens (primary N) is 1. The summed E-state index contributed by atoms with van der Waals surface area (Å²) in [6, 6.07) is 6.19. The lowest BCUT2D eigenvalue weighted by Gasteiger charge is -2.05. The Morgan fingerprint density at radius 3 is 2.69 bits per heavy atom. The van der Waals surface area contributed by atoms with E-state index < -0.39 is 0 Å². The van der Waals surface area contributed by atoms with Gasteiger partial charge in [-0.2, -0.15) is 0 Å². The van der Waals surface area contributed by atoms with Crippen molar-refractivity contribution in [1.82, 2.24) is 0 Å². The highest BCUT2D eigenvalue weighted by atomic mass is 79.9. The minimum atomic E-state index is 0.248. The minimum absolute atomic E-state index is 0.248. The molecule has 0 spiro atoms. The topological polar surface area (TPSA) is 26.0 Å². The summed E-state index contributed by atoms with van der Waals surface area (Å²) in [4.78, 5) is 0. The Hall–Kier alpha value is -0.0500. The molecule has 1 aromatic rings. The van der Waals surface area contributed by atoms with Gasteiger partial charge in [-0.25, -0.2) is 0 Å². The molecule has 13 heavy (non-hydrogen) atoms. The first kappa shape index (κ1) is 11.0. The molecule has 2 N–H and O–H groups in total. The average Bonchev–Trinajstić information content (AvgIpc) is 1.99. The first-order valence-electron chi connectivity index (χ1n) is 4.28. The normalized spacial score (nSPS) is 12.9. The number of benzene rings is 1. The van der Waals surface area contributed by atoms with Crippen LogP contribution in [0.25, 0.3) is 0 Å². The molecule has 0 saturated heterocycles. The van der Waals surface area contributed by atoms with Crippen LogP contribution in [-0.4, -0.2) is 6.04 Å². The molecule has 0 aliphatic heterocycles. The van der Waals surface area contributed by atoms with Gasteiger partial charge in [0.1, 0.15) is 0 Å². The zero-order valence-corrected chi connectivity index (χ0v) is 9.90. The lowest BCUT2D eigenvalue weighted by Crippen LogP contribution is -2.15. The maximum Gasteiger partial charge on any atom is 0.0419 e. The third-order valence-corrected chi connectivity index (χ3v) is 2.49. The standard InChI is InChI=1S/C10H13BrClN/c1-7(13)2-3-8-4-9(11)6-10(12)5-8/h4-7H,2-3,13H2,1H3. The van der Waals surface area contributed by atoms with Gasteiger partial charge < -0.3 is 5.73 Å². The number of aryl methyl sites for hydroxylation is 1. The zero-order valence-electron chi connectivity index (χ0n) is 7.56. The predicted octanol–water partition coefficient (Wildman–Crippen LogP) is 3.38. The third-order valence-electron chi connectivity index (χ3n) is 1.81. The van der Waals surface area contributed by atoms with Gasteiger partial charge in [-0.15, -0.1) is 0 Å². The van der Waals surface area contributed by atoms with Crippen LogP contribution in [0.15, 0.2) is 22.7 Å². The Balaban J connectivity index is 2.66. The molecule has 0 amide bonds. The second-order valence-corrected chi connectivity index (χ2v) is 4.65. The maximum absolute atomic E-state index is 5.90. The van der Waals surface area contributed by atoms with Crippen molar-refractivity contribution in [2.24, 2.45) is 5.73 Å². The van der Waals surface area contributed by atoms with E-state index in [1.807, 2.05) is 19.1 Å². The zero-order chi connectivity index (χ0) is 9.84. The summed E-state index contributed by atoms with van der Waals surface area (Å²) in [5, 5.41) is 0.772. The molecule has 1 atom stereocenters. The summed E-state index contributed by atoms with van der Waals surface area (Å²) in [6.45, 7) is 2.01. The minimum Gasteiger partial charge on any atom is -0.328 e. The van der Waals surface area contributed by atoms with E-state index in [0.29, 0.717) is 0 Å². The predicted molar refractivity (Wildman–Crippen MR) is 61.1 cm³/mol. The van der Waals surface area contributed by atoms with Crippen LogP contribution in [0, 0.1) is 0 Å². The highest BCUT2D eigenvalue weighted by Crippen LogP contribution is 2.20.